The van der Waals surface area contributed by atoms with Gasteiger partial charge in [0.2, 0.25) is 0 Å². The van der Waals surface area contributed by atoms with E-state index in [9.17, 15) is 0 Å². The number of pyridine rings is 1. The fraction of sp³-hybridized carbons (Fsp3) is 0.364. The lowest BCUT2D eigenvalue weighted by molar-refractivity contribution is 0.148. The van der Waals surface area contributed by atoms with Crippen LogP contribution in [0.3, 0.4) is 0 Å². The largest absolute Gasteiger partial charge is 0.490 e. The zero-order chi connectivity index (χ0) is 10.3. The first-order valence-electron chi connectivity index (χ1n) is 4.72. The molecule has 0 bridgehead atoms. The highest BCUT2D eigenvalue weighted by Gasteiger charge is 2.27. The van der Waals surface area contributed by atoms with E-state index >= 15 is 0 Å². The van der Waals surface area contributed by atoms with Crippen molar-refractivity contribution in [3.63, 3.8) is 0 Å². The van der Waals surface area contributed by atoms with Crippen LogP contribution in [-0.2, 0) is 4.74 Å². The summed E-state index contributed by atoms with van der Waals surface area (Å²) < 4.78 is 5.59. The highest BCUT2D eigenvalue weighted by Crippen LogP contribution is 2.35. The Morgan fingerprint density at radius 2 is 2.14 bits per heavy atom. The predicted octanol–water partition coefficient (Wildman–Crippen LogP) is 2.16. The number of fused-ring (bicyclic) bond motifs is 1. The quantitative estimate of drug-likeness (QED) is 0.682. The lowest BCUT2D eigenvalue weighted by Gasteiger charge is -2.30. The highest BCUT2D eigenvalue weighted by atomic mass is 16.5. The summed E-state index contributed by atoms with van der Waals surface area (Å²) in [6, 6.07) is 3.69. The average Bonchev–Trinajstić information content (AvgIpc) is 2.14. The summed E-state index contributed by atoms with van der Waals surface area (Å²) >= 11 is 0. The van der Waals surface area contributed by atoms with Crippen LogP contribution in [0.1, 0.15) is 31.0 Å². The van der Waals surface area contributed by atoms with Gasteiger partial charge in [0, 0.05) is 11.5 Å². The Bertz CT molecular complexity index is 387. The van der Waals surface area contributed by atoms with Gasteiger partial charge in [0.1, 0.15) is 17.7 Å². The fourth-order valence-electron chi connectivity index (χ4n) is 1.69. The molecule has 2 rings (SSSR count). The van der Waals surface area contributed by atoms with Gasteiger partial charge in [-0.15, -0.1) is 0 Å². The Morgan fingerprint density at radius 3 is 2.86 bits per heavy atom. The molecular formula is C11H14N2O. The van der Waals surface area contributed by atoms with E-state index in [1.165, 1.54) is 0 Å². The molecule has 1 aromatic heterocycles. The van der Waals surface area contributed by atoms with Gasteiger partial charge in [-0.1, -0.05) is 13.5 Å². The average molecular weight is 190 g/mol. The Hall–Kier alpha value is -1.51. The molecule has 2 heterocycles. The lowest BCUT2D eigenvalue weighted by atomic mass is 9.93. The summed E-state index contributed by atoms with van der Waals surface area (Å²) in [5, 5.41) is 0. The van der Waals surface area contributed by atoms with Gasteiger partial charge >= 0.3 is 0 Å². The van der Waals surface area contributed by atoms with Gasteiger partial charge in [0.15, 0.2) is 0 Å². The summed E-state index contributed by atoms with van der Waals surface area (Å²) in [7, 11) is 0. The third-order valence-corrected chi connectivity index (χ3v) is 2.71. The summed E-state index contributed by atoms with van der Waals surface area (Å²) in [5.74, 6) is 1.51. The molecule has 3 heteroatoms. The molecule has 1 aromatic rings. The van der Waals surface area contributed by atoms with Crippen LogP contribution in [0.15, 0.2) is 18.7 Å². The number of nitrogens with two attached hydrogens (primary N) is 1. The van der Waals surface area contributed by atoms with Crippen molar-refractivity contribution in [1.82, 2.24) is 4.98 Å². The highest BCUT2D eigenvalue weighted by molar-refractivity contribution is 5.63. The first-order valence-corrected chi connectivity index (χ1v) is 4.72. The summed E-state index contributed by atoms with van der Waals surface area (Å²) in [6.07, 6.45) is 0.115. The molecule has 0 saturated carbocycles. The van der Waals surface area contributed by atoms with Gasteiger partial charge in [-0.25, -0.2) is 4.98 Å². The second-order valence-corrected chi connectivity index (χ2v) is 3.70. The van der Waals surface area contributed by atoms with Crippen LogP contribution >= 0.6 is 0 Å². The van der Waals surface area contributed by atoms with Crippen molar-refractivity contribution in [2.24, 2.45) is 0 Å². The Kier molecular flexibility index (Phi) is 1.95. The van der Waals surface area contributed by atoms with Gasteiger partial charge in [-0.2, -0.15) is 0 Å². The molecule has 0 spiro atoms. The summed E-state index contributed by atoms with van der Waals surface area (Å²) in [6.45, 7) is 7.97. The molecule has 0 saturated heterocycles. The van der Waals surface area contributed by atoms with Gasteiger partial charge in [-0.05, 0) is 19.1 Å². The van der Waals surface area contributed by atoms with Crippen molar-refractivity contribution in [2.45, 2.75) is 25.9 Å². The van der Waals surface area contributed by atoms with Crippen molar-refractivity contribution < 1.29 is 4.74 Å². The molecule has 14 heavy (non-hydrogen) atoms. The van der Waals surface area contributed by atoms with Gasteiger partial charge < -0.3 is 10.5 Å². The maximum atomic E-state index is 5.65. The first kappa shape index (κ1) is 9.06. The van der Waals surface area contributed by atoms with Gasteiger partial charge in [-0.3, -0.25) is 0 Å². The zero-order valence-corrected chi connectivity index (χ0v) is 8.45. The van der Waals surface area contributed by atoms with E-state index in [0.717, 1.165) is 11.3 Å². The molecule has 1 aliphatic heterocycles. The minimum absolute atomic E-state index is 0.115. The molecule has 2 N–H and O–H groups in total. The first-order chi connectivity index (χ1) is 6.59. The van der Waals surface area contributed by atoms with Gasteiger partial charge in [0.05, 0.1) is 5.69 Å². The smallest absolute Gasteiger partial charge is 0.123 e. The number of hydrogen-bond acceptors (Lipinski definition) is 3. The van der Waals surface area contributed by atoms with Crippen LogP contribution in [0.5, 0.6) is 0 Å². The monoisotopic (exact) mass is 190 g/mol. The molecule has 3 nitrogen and oxygen atoms in total. The second-order valence-electron chi connectivity index (χ2n) is 3.70. The number of hydrogen-bond donors (Lipinski definition) is 1. The molecule has 0 amide bonds. The van der Waals surface area contributed by atoms with Crippen LogP contribution in [0.4, 0.5) is 5.82 Å². The van der Waals surface area contributed by atoms with E-state index in [1.807, 2.05) is 13.0 Å². The van der Waals surface area contributed by atoms with Crippen molar-refractivity contribution >= 4 is 11.6 Å². The Balaban J connectivity index is 2.56. The molecule has 0 fully saturated rings. The van der Waals surface area contributed by atoms with Crippen LogP contribution in [-0.4, -0.2) is 11.1 Å². The minimum atomic E-state index is 0.115. The number of nitrogen functional groups attached to an aromatic ring is 1. The SMILES string of the molecule is C=C1O[C@@H](C)[C@@H](C)c2nc(N)ccc21. The Labute approximate surface area is 83.6 Å². The van der Waals surface area contributed by atoms with E-state index in [1.54, 1.807) is 6.07 Å². The maximum Gasteiger partial charge on any atom is 0.123 e. The zero-order valence-electron chi connectivity index (χ0n) is 8.45. The van der Waals surface area contributed by atoms with E-state index < -0.39 is 0 Å². The fourth-order valence-corrected chi connectivity index (χ4v) is 1.69. The molecule has 0 aliphatic carbocycles. The number of anilines is 1. The van der Waals surface area contributed by atoms with Crippen molar-refractivity contribution in [1.29, 1.82) is 0 Å². The van der Waals surface area contributed by atoms with Crippen LogP contribution in [0.2, 0.25) is 0 Å². The molecule has 2 atom stereocenters. The van der Waals surface area contributed by atoms with E-state index in [4.69, 9.17) is 10.5 Å². The molecule has 0 unspecified atom stereocenters. The van der Waals surface area contributed by atoms with Crippen molar-refractivity contribution in [3.05, 3.63) is 30.0 Å². The molecule has 1 aliphatic rings. The van der Waals surface area contributed by atoms with Crippen LogP contribution in [0, 0.1) is 0 Å². The molecule has 0 aromatic carbocycles. The minimum Gasteiger partial charge on any atom is -0.490 e. The van der Waals surface area contributed by atoms with E-state index in [2.05, 4.69) is 18.5 Å². The number of rotatable bonds is 0. The number of aromatic nitrogens is 1. The van der Waals surface area contributed by atoms with Crippen molar-refractivity contribution in [2.75, 3.05) is 5.73 Å². The van der Waals surface area contributed by atoms with E-state index in [-0.39, 0.29) is 12.0 Å². The van der Waals surface area contributed by atoms with Crippen molar-refractivity contribution in [3.8, 4) is 0 Å². The summed E-state index contributed by atoms with van der Waals surface area (Å²) in [5.41, 5.74) is 7.62. The molecule has 0 radical (unpaired) electrons. The standard InChI is InChI=1S/C11H14N2O/c1-6-7(2)14-8(3)9-4-5-10(12)13-11(6)9/h4-7H,3H2,1-2H3,(H2,12,13)/t6-,7+/m1/s1. The van der Waals surface area contributed by atoms with Crippen LogP contribution in [0.25, 0.3) is 5.76 Å². The molecular weight excluding hydrogens is 176 g/mol. The third kappa shape index (κ3) is 1.25. The van der Waals surface area contributed by atoms with Gasteiger partial charge in [0.25, 0.3) is 0 Å². The maximum absolute atomic E-state index is 5.65. The lowest BCUT2D eigenvalue weighted by Crippen LogP contribution is -2.23. The predicted molar refractivity (Wildman–Crippen MR) is 56.6 cm³/mol. The number of ether oxygens (including phenoxy) is 1. The normalized spacial score (nSPS) is 25.4. The van der Waals surface area contributed by atoms with E-state index in [0.29, 0.717) is 11.6 Å². The Morgan fingerprint density at radius 1 is 1.43 bits per heavy atom. The number of nitrogens with zero attached hydrogens (tertiary/aromatic N) is 1. The second kappa shape index (κ2) is 3.01. The topological polar surface area (TPSA) is 48.1 Å². The molecule has 74 valence electrons. The third-order valence-electron chi connectivity index (χ3n) is 2.71. The summed E-state index contributed by atoms with van der Waals surface area (Å²) in [4.78, 5) is 4.33. The van der Waals surface area contributed by atoms with Crippen LogP contribution < -0.4 is 5.73 Å².